The van der Waals surface area contributed by atoms with Gasteiger partial charge in [0.1, 0.15) is 0 Å². The second kappa shape index (κ2) is 11.1. The zero-order valence-corrected chi connectivity index (χ0v) is 18.5. The van der Waals surface area contributed by atoms with Gasteiger partial charge in [-0.05, 0) is 48.2 Å². The van der Waals surface area contributed by atoms with Crippen LogP contribution >= 0.6 is 0 Å². The van der Waals surface area contributed by atoms with E-state index in [1.807, 2.05) is 24.3 Å². The number of hydrogen-bond donors (Lipinski definition) is 2. The Balaban J connectivity index is 1.58. The summed E-state index contributed by atoms with van der Waals surface area (Å²) in [6, 6.07) is 13.1. The summed E-state index contributed by atoms with van der Waals surface area (Å²) in [6.07, 6.45) is 4.88. The lowest BCUT2D eigenvalue weighted by Crippen LogP contribution is -2.49. The molecule has 2 aromatic rings. The molecule has 0 unspecified atom stereocenters. The monoisotopic (exact) mass is 414 g/mol. The molecule has 1 saturated carbocycles. The smallest absolute Gasteiger partial charge is 0.161 e. The average molecular weight is 415 g/mol. The minimum Gasteiger partial charge on any atom is -0.493 e. The SMILES string of the molecule is COc1ccc(CN[C@H]2CCCC[C@H]2NCc2ccc(OC)c(OC)c2)cc1OC. The van der Waals surface area contributed by atoms with Crippen LogP contribution in [0, 0.1) is 0 Å². The predicted octanol–water partition coefficient (Wildman–Crippen LogP) is 3.91. The summed E-state index contributed by atoms with van der Waals surface area (Å²) >= 11 is 0. The first-order valence-electron chi connectivity index (χ1n) is 10.6. The van der Waals surface area contributed by atoms with Gasteiger partial charge in [-0.3, -0.25) is 0 Å². The van der Waals surface area contributed by atoms with Crippen molar-refractivity contribution >= 4 is 0 Å². The van der Waals surface area contributed by atoms with Gasteiger partial charge in [-0.15, -0.1) is 0 Å². The fourth-order valence-corrected chi connectivity index (χ4v) is 4.10. The fourth-order valence-electron chi connectivity index (χ4n) is 4.10. The first kappa shape index (κ1) is 22.2. The van der Waals surface area contributed by atoms with E-state index in [-0.39, 0.29) is 0 Å². The van der Waals surface area contributed by atoms with Crippen molar-refractivity contribution < 1.29 is 18.9 Å². The van der Waals surface area contributed by atoms with Crippen LogP contribution in [0.1, 0.15) is 36.8 Å². The van der Waals surface area contributed by atoms with Crippen molar-refractivity contribution in [3.05, 3.63) is 47.5 Å². The van der Waals surface area contributed by atoms with Gasteiger partial charge in [0.25, 0.3) is 0 Å². The molecule has 1 aliphatic carbocycles. The average Bonchev–Trinajstić information content (AvgIpc) is 2.81. The van der Waals surface area contributed by atoms with E-state index in [0.717, 1.165) is 36.1 Å². The van der Waals surface area contributed by atoms with Gasteiger partial charge in [0, 0.05) is 25.2 Å². The lowest BCUT2D eigenvalue weighted by Gasteiger charge is -2.33. The highest BCUT2D eigenvalue weighted by atomic mass is 16.5. The van der Waals surface area contributed by atoms with E-state index in [9.17, 15) is 0 Å². The van der Waals surface area contributed by atoms with E-state index in [0.29, 0.717) is 12.1 Å². The van der Waals surface area contributed by atoms with Crippen LogP contribution in [0.5, 0.6) is 23.0 Å². The van der Waals surface area contributed by atoms with Crippen LogP contribution in [0.4, 0.5) is 0 Å². The van der Waals surface area contributed by atoms with Crippen LogP contribution in [0.25, 0.3) is 0 Å². The standard InChI is InChI=1S/C24H34N2O4/c1-27-21-11-9-17(13-23(21)29-3)15-25-19-7-5-6-8-20(19)26-16-18-10-12-22(28-2)24(14-18)30-4/h9-14,19-20,25-26H,5-8,15-16H2,1-4H3/t19-,20+. The molecule has 0 radical (unpaired) electrons. The third kappa shape index (κ3) is 5.58. The maximum atomic E-state index is 5.43. The molecule has 1 aliphatic rings. The van der Waals surface area contributed by atoms with Crippen LogP contribution in [-0.2, 0) is 13.1 Å². The van der Waals surface area contributed by atoms with E-state index < -0.39 is 0 Å². The summed E-state index contributed by atoms with van der Waals surface area (Å²) in [5.41, 5.74) is 2.38. The highest BCUT2D eigenvalue weighted by Crippen LogP contribution is 2.29. The Hall–Kier alpha value is -2.44. The molecule has 2 atom stereocenters. The molecule has 2 N–H and O–H groups in total. The molecule has 0 bridgehead atoms. The van der Waals surface area contributed by atoms with Crippen molar-refractivity contribution in [1.29, 1.82) is 0 Å². The van der Waals surface area contributed by atoms with E-state index in [2.05, 4.69) is 22.8 Å². The second-order valence-electron chi connectivity index (χ2n) is 7.64. The molecule has 6 nitrogen and oxygen atoms in total. The minimum absolute atomic E-state index is 0.437. The Morgan fingerprint density at radius 2 is 1.03 bits per heavy atom. The number of ether oxygens (including phenoxy) is 4. The number of nitrogens with one attached hydrogen (secondary N) is 2. The van der Waals surface area contributed by atoms with Crippen molar-refractivity contribution in [2.24, 2.45) is 0 Å². The number of hydrogen-bond acceptors (Lipinski definition) is 6. The van der Waals surface area contributed by atoms with Crippen molar-refractivity contribution in [2.45, 2.75) is 50.9 Å². The molecule has 0 aromatic heterocycles. The predicted molar refractivity (Wildman–Crippen MR) is 119 cm³/mol. The molecule has 3 rings (SSSR count). The number of rotatable bonds is 10. The normalized spacial score (nSPS) is 18.7. The lowest BCUT2D eigenvalue weighted by molar-refractivity contribution is 0.280. The number of methoxy groups -OCH3 is 4. The fraction of sp³-hybridized carbons (Fsp3) is 0.500. The van der Waals surface area contributed by atoms with Crippen molar-refractivity contribution in [2.75, 3.05) is 28.4 Å². The molecule has 1 fully saturated rings. The molecular weight excluding hydrogens is 380 g/mol. The van der Waals surface area contributed by atoms with E-state index in [1.54, 1.807) is 28.4 Å². The van der Waals surface area contributed by atoms with Gasteiger partial charge in [-0.1, -0.05) is 25.0 Å². The van der Waals surface area contributed by atoms with Gasteiger partial charge in [-0.2, -0.15) is 0 Å². The van der Waals surface area contributed by atoms with E-state index in [4.69, 9.17) is 18.9 Å². The highest BCUT2D eigenvalue weighted by molar-refractivity contribution is 5.43. The van der Waals surface area contributed by atoms with Crippen LogP contribution in [-0.4, -0.2) is 40.5 Å². The summed E-state index contributed by atoms with van der Waals surface area (Å²) in [4.78, 5) is 0. The van der Waals surface area contributed by atoms with Crippen molar-refractivity contribution in [3.63, 3.8) is 0 Å². The summed E-state index contributed by atoms with van der Waals surface area (Å²) in [5.74, 6) is 3.05. The Kier molecular flexibility index (Phi) is 8.22. The Labute approximate surface area is 179 Å². The van der Waals surface area contributed by atoms with Gasteiger partial charge >= 0.3 is 0 Å². The van der Waals surface area contributed by atoms with Crippen LogP contribution < -0.4 is 29.6 Å². The maximum absolute atomic E-state index is 5.43. The molecule has 0 saturated heterocycles. The zero-order chi connectivity index (χ0) is 21.3. The summed E-state index contributed by atoms with van der Waals surface area (Å²) in [7, 11) is 6.66. The summed E-state index contributed by atoms with van der Waals surface area (Å²) in [6.45, 7) is 1.61. The summed E-state index contributed by atoms with van der Waals surface area (Å²) in [5, 5.41) is 7.50. The summed E-state index contributed by atoms with van der Waals surface area (Å²) < 4.78 is 21.5. The Morgan fingerprint density at radius 1 is 0.633 bits per heavy atom. The molecule has 0 spiro atoms. The molecule has 6 heteroatoms. The third-order valence-corrected chi connectivity index (χ3v) is 5.80. The largest absolute Gasteiger partial charge is 0.493 e. The molecule has 164 valence electrons. The minimum atomic E-state index is 0.437. The topological polar surface area (TPSA) is 61.0 Å². The highest BCUT2D eigenvalue weighted by Gasteiger charge is 2.24. The van der Waals surface area contributed by atoms with Gasteiger partial charge in [0.15, 0.2) is 23.0 Å². The molecule has 0 amide bonds. The maximum Gasteiger partial charge on any atom is 0.161 e. The third-order valence-electron chi connectivity index (χ3n) is 5.80. The zero-order valence-electron chi connectivity index (χ0n) is 18.5. The van der Waals surface area contributed by atoms with E-state index in [1.165, 1.54) is 36.8 Å². The van der Waals surface area contributed by atoms with Crippen molar-refractivity contribution in [1.82, 2.24) is 10.6 Å². The number of benzene rings is 2. The molecule has 0 heterocycles. The first-order valence-corrected chi connectivity index (χ1v) is 10.6. The van der Waals surface area contributed by atoms with Gasteiger partial charge in [0.05, 0.1) is 28.4 Å². The molecule has 2 aromatic carbocycles. The van der Waals surface area contributed by atoms with Gasteiger partial charge in [0.2, 0.25) is 0 Å². The Bertz CT molecular complexity index is 744. The molecule has 0 aliphatic heterocycles. The Morgan fingerprint density at radius 3 is 1.40 bits per heavy atom. The van der Waals surface area contributed by atoms with Gasteiger partial charge in [-0.25, -0.2) is 0 Å². The van der Waals surface area contributed by atoms with Crippen LogP contribution in [0.3, 0.4) is 0 Å². The first-order chi connectivity index (χ1) is 14.7. The van der Waals surface area contributed by atoms with Crippen LogP contribution in [0.15, 0.2) is 36.4 Å². The lowest BCUT2D eigenvalue weighted by atomic mass is 9.90. The van der Waals surface area contributed by atoms with Crippen molar-refractivity contribution in [3.8, 4) is 23.0 Å². The second-order valence-corrected chi connectivity index (χ2v) is 7.64. The van der Waals surface area contributed by atoms with Gasteiger partial charge < -0.3 is 29.6 Å². The van der Waals surface area contributed by atoms with E-state index >= 15 is 0 Å². The molecule has 30 heavy (non-hydrogen) atoms. The van der Waals surface area contributed by atoms with Crippen LogP contribution in [0.2, 0.25) is 0 Å². The quantitative estimate of drug-likeness (QED) is 0.615. The molecular formula is C24H34N2O4.